The third kappa shape index (κ3) is 4.57. The summed E-state index contributed by atoms with van der Waals surface area (Å²) < 4.78 is 10.5. The summed E-state index contributed by atoms with van der Waals surface area (Å²) >= 11 is 1.31. The van der Waals surface area contributed by atoms with Gasteiger partial charge in [0.15, 0.2) is 5.13 Å². The number of hydrogen-bond acceptors (Lipinski definition) is 6. The molecule has 0 spiro atoms. The summed E-state index contributed by atoms with van der Waals surface area (Å²) in [6.07, 6.45) is 0. The fourth-order valence-electron chi connectivity index (χ4n) is 2.57. The molecular weight excluding hydrogens is 362 g/mol. The van der Waals surface area contributed by atoms with Crippen molar-refractivity contribution in [2.75, 3.05) is 24.9 Å². The van der Waals surface area contributed by atoms with Crippen LogP contribution in [-0.4, -0.2) is 25.1 Å². The molecule has 27 heavy (non-hydrogen) atoms. The number of anilines is 3. The summed E-state index contributed by atoms with van der Waals surface area (Å²) in [5, 5.41) is 6.80. The quantitative estimate of drug-likeness (QED) is 0.641. The van der Waals surface area contributed by atoms with E-state index in [1.807, 2.05) is 38.1 Å². The van der Waals surface area contributed by atoms with Gasteiger partial charge in [0, 0.05) is 29.6 Å². The summed E-state index contributed by atoms with van der Waals surface area (Å²) in [5.74, 6) is 0.984. The van der Waals surface area contributed by atoms with Crippen LogP contribution in [0.15, 0.2) is 42.5 Å². The Balaban J connectivity index is 1.78. The summed E-state index contributed by atoms with van der Waals surface area (Å²) in [6.45, 7) is 3.85. The zero-order valence-corrected chi connectivity index (χ0v) is 16.4. The molecule has 0 bridgehead atoms. The van der Waals surface area contributed by atoms with E-state index in [9.17, 15) is 4.79 Å². The zero-order valence-electron chi connectivity index (χ0n) is 15.6. The van der Waals surface area contributed by atoms with E-state index in [2.05, 4.69) is 15.6 Å². The topological polar surface area (TPSA) is 72.5 Å². The minimum absolute atomic E-state index is 0.224. The molecule has 0 fully saturated rings. The van der Waals surface area contributed by atoms with Gasteiger partial charge in [0.2, 0.25) is 0 Å². The van der Waals surface area contributed by atoms with Gasteiger partial charge in [-0.15, -0.1) is 0 Å². The minimum atomic E-state index is -0.224. The summed E-state index contributed by atoms with van der Waals surface area (Å²) in [6, 6.07) is 13.2. The Morgan fingerprint density at radius 1 is 1.00 bits per heavy atom. The largest absolute Gasteiger partial charge is 0.497 e. The van der Waals surface area contributed by atoms with E-state index in [4.69, 9.17) is 9.47 Å². The number of benzene rings is 2. The second-order valence-corrected chi connectivity index (χ2v) is 6.98. The van der Waals surface area contributed by atoms with Crippen molar-refractivity contribution in [1.82, 2.24) is 4.98 Å². The normalized spacial score (nSPS) is 10.4. The Bertz CT molecular complexity index is 947. The average molecular weight is 383 g/mol. The average Bonchev–Trinajstić information content (AvgIpc) is 3.01. The number of methoxy groups -OCH3 is 2. The number of rotatable bonds is 6. The Morgan fingerprint density at radius 3 is 2.33 bits per heavy atom. The number of amides is 1. The lowest BCUT2D eigenvalue weighted by Crippen LogP contribution is -2.11. The molecule has 3 aromatic rings. The van der Waals surface area contributed by atoms with E-state index in [0.717, 1.165) is 11.3 Å². The molecule has 1 amide bonds. The molecule has 0 radical (unpaired) electrons. The van der Waals surface area contributed by atoms with E-state index in [1.54, 1.807) is 32.4 Å². The molecule has 1 aromatic heterocycles. The Morgan fingerprint density at radius 2 is 1.70 bits per heavy atom. The van der Waals surface area contributed by atoms with Crippen molar-refractivity contribution in [3.63, 3.8) is 0 Å². The Hall–Kier alpha value is -3.06. The molecule has 0 saturated carbocycles. The van der Waals surface area contributed by atoms with Gasteiger partial charge in [0.25, 0.3) is 5.91 Å². The van der Waals surface area contributed by atoms with Gasteiger partial charge in [0.1, 0.15) is 16.4 Å². The smallest absolute Gasteiger partial charge is 0.267 e. The first-order valence-electron chi connectivity index (χ1n) is 8.34. The van der Waals surface area contributed by atoms with Crippen LogP contribution in [0.3, 0.4) is 0 Å². The Kier molecular flexibility index (Phi) is 5.61. The van der Waals surface area contributed by atoms with Crippen molar-refractivity contribution in [1.29, 1.82) is 0 Å². The second-order valence-electron chi connectivity index (χ2n) is 5.98. The van der Waals surface area contributed by atoms with E-state index in [0.29, 0.717) is 32.9 Å². The Labute approximate surface area is 162 Å². The molecule has 140 valence electrons. The third-order valence-corrected chi connectivity index (χ3v) is 4.95. The molecule has 0 aliphatic carbocycles. The first-order valence-corrected chi connectivity index (χ1v) is 9.15. The van der Waals surface area contributed by atoms with Crippen LogP contribution < -0.4 is 20.1 Å². The highest BCUT2D eigenvalue weighted by Gasteiger charge is 2.16. The van der Waals surface area contributed by atoms with Crippen molar-refractivity contribution < 1.29 is 14.3 Å². The van der Waals surface area contributed by atoms with E-state index in [-0.39, 0.29) is 5.91 Å². The lowest BCUT2D eigenvalue weighted by Gasteiger charge is -2.09. The molecule has 6 nitrogen and oxygen atoms in total. The van der Waals surface area contributed by atoms with E-state index < -0.39 is 0 Å². The van der Waals surface area contributed by atoms with E-state index in [1.165, 1.54) is 11.3 Å². The number of carbonyl (C=O) groups excluding carboxylic acids is 1. The van der Waals surface area contributed by atoms with Gasteiger partial charge in [-0.2, -0.15) is 0 Å². The fourth-order valence-corrected chi connectivity index (χ4v) is 3.46. The molecule has 7 heteroatoms. The van der Waals surface area contributed by atoms with E-state index >= 15 is 0 Å². The highest BCUT2D eigenvalue weighted by Crippen LogP contribution is 2.29. The van der Waals surface area contributed by atoms with Crippen LogP contribution in [0.5, 0.6) is 11.5 Å². The van der Waals surface area contributed by atoms with Crippen LogP contribution in [0.2, 0.25) is 0 Å². The molecule has 0 aliphatic heterocycles. The van der Waals surface area contributed by atoms with Gasteiger partial charge in [-0.1, -0.05) is 23.5 Å². The summed E-state index contributed by atoms with van der Waals surface area (Å²) in [5.41, 5.74) is 3.35. The van der Waals surface area contributed by atoms with Gasteiger partial charge < -0.3 is 20.1 Å². The van der Waals surface area contributed by atoms with Crippen molar-refractivity contribution in [2.24, 2.45) is 0 Å². The molecule has 2 N–H and O–H groups in total. The number of aromatic nitrogens is 1. The van der Waals surface area contributed by atoms with Crippen LogP contribution in [0.25, 0.3) is 0 Å². The van der Waals surface area contributed by atoms with Crippen molar-refractivity contribution >= 4 is 33.8 Å². The SMILES string of the molecule is COc1cc(NC(=O)c2sc(Nc3cccc(C)c3)nc2C)cc(OC)c1. The van der Waals surface area contributed by atoms with Crippen LogP contribution >= 0.6 is 11.3 Å². The molecule has 0 unspecified atom stereocenters. The highest BCUT2D eigenvalue weighted by molar-refractivity contribution is 7.17. The number of aryl methyl sites for hydroxylation is 2. The van der Waals surface area contributed by atoms with Gasteiger partial charge >= 0.3 is 0 Å². The maximum atomic E-state index is 12.7. The van der Waals surface area contributed by atoms with Crippen LogP contribution in [0, 0.1) is 13.8 Å². The molecule has 0 atom stereocenters. The molecular formula is C20H21N3O3S. The van der Waals surface area contributed by atoms with Crippen molar-refractivity contribution in [2.45, 2.75) is 13.8 Å². The number of nitrogens with zero attached hydrogens (tertiary/aromatic N) is 1. The van der Waals surface area contributed by atoms with Gasteiger partial charge in [0.05, 0.1) is 19.9 Å². The van der Waals surface area contributed by atoms with Crippen LogP contribution in [-0.2, 0) is 0 Å². The molecule has 0 aliphatic rings. The van der Waals surface area contributed by atoms with Gasteiger partial charge in [-0.25, -0.2) is 4.98 Å². The molecule has 2 aromatic carbocycles. The maximum absolute atomic E-state index is 12.7. The maximum Gasteiger partial charge on any atom is 0.267 e. The number of ether oxygens (including phenoxy) is 2. The minimum Gasteiger partial charge on any atom is -0.497 e. The summed E-state index contributed by atoms with van der Waals surface area (Å²) in [4.78, 5) is 17.7. The molecule has 0 saturated heterocycles. The van der Waals surface area contributed by atoms with Crippen LogP contribution in [0.1, 0.15) is 20.9 Å². The zero-order chi connectivity index (χ0) is 19.4. The lowest BCUT2D eigenvalue weighted by atomic mass is 10.2. The number of nitrogens with one attached hydrogen (secondary N) is 2. The third-order valence-electron chi connectivity index (χ3n) is 3.88. The first kappa shape index (κ1) is 18.7. The predicted octanol–water partition coefficient (Wildman–Crippen LogP) is 4.77. The van der Waals surface area contributed by atoms with Crippen molar-refractivity contribution in [3.05, 3.63) is 58.6 Å². The number of hydrogen-bond donors (Lipinski definition) is 2. The highest BCUT2D eigenvalue weighted by atomic mass is 32.1. The monoisotopic (exact) mass is 383 g/mol. The predicted molar refractivity (Wildman–Crippen MR) is 109 cm³/mol. The second kappa shape index (κ2) is 8.09. The molecule has 1 heterocycles. The standard InChI is InChI=1S/C20H21N3O3S/c1-12-6-5-7-14(8-12)23-20-21-13(2)18(27-20)19(24)22-15-9-16(25-3)11-17(10-15)26-4/h5-11H,1-4H3,(H,21,23)(H,22,24). The van der Waals surface area contributed by atoms with Crippen molar-refractivity contribution in [3.8, 4) is 11.5 Å². The first-order chi connectivity index (χ1) is 13.0. The number of carbonyl (C=O) groups is 1. The summed E-state index contributed by atoms with van der Waals surface area (Å²) in [7, 11) is 3.13. The lowest BCUT2D eigenvalue weighted by molar-refractivity contribution is 0.103. The fraction of sp³-hybridized carbons (Fsp3) is 0.200. The van der Waals surface area contributed by atoms with Crippen LogP contribution in [0.4, 0.5) is 16.5 Å². The van der Waals surface area contributed by atoms with Gasteiger partial charge in [-0.05, 0) is 31.5 Å². The van der Waals surface area contributed by atoms with Gasteiger partial charge in [-0.3, -0.25) is 4.79 Å². The molecule has 3 rings (SSSR count). The number of thiazole rings is 1.